The van der Waals surface area contributed by atoms with Crippen LogP contribution in [0.5, 0.6) is 5.75 Å². The van der Waals surface area contributed by atoms with E-state index >= 15 is 0 Å². The van der Waals surface area contributed by atoms with Gasteiger partial charge in [0.25, 0.3) is 0 Å². The number of hydrogen-bond acceptors (Lipinski definition) is 2. The summed E-state index contributed by atoms with van der Waals surface area (Å²) >= 11 is 6.97. The van der Waals surface area contributed by atoms with Gasteiger partial charge in [0, 0.05) is 10.5 Å². The second-order valence-electron chi connectivity index (χ2n) is 4.88. The molecule has 2 N–H and O–H groups in total. The molecule has 0 fully saturated rings. The quantitative estimate of drug-likeness (QED) is 0.787. The van der Waals surface area contributed by atoms with Gasteiger partial charge in [-0.25, -0.2) is 0 Å². The predicted molar refractivity (Wildman–Crippen MR) is 90.0 cm³/mol. The minimum absolute atomic E-state index is 0.107. The number of rotatable bonds is 4. The first-order valence-electron chi connectivity index (χ1n) is 6.41. The molecule has 20 heavy (non-hydrogen) atoms. The average Bonchev–Trinajstić information content (AvgIpc) is 2.39. The van der Waals surface area contributed by atoms with Crippen molar-refractivity contribution in [1.82, 2.24) is 0 Å². The summed E-state index contributed by atoms with van der Waals surface area (Å²) in [7, 11) is 0. The van der Waals surface area contributed by atoms with E-state index in [2.05, 4.69) is 31.9 Å². The molecule has 0 bridgehead atoms. The van der Waals surface area contributed by atoms with Gasteiger partial charge in [0.1, 0.15) is 11.9 Å². The van der Waals surface area contributed by atoms with E-state index in [1.165, 1.54) is 5.56 Å². The number of nitrogens with two attached hydrogens (primary N) is 1. The van der Waals surface area contributed by atoms with Crippen LogP contribution in [0.25, 0.3) is 0 Å². The van der Waals surface area contributed by atoms with Crippen molar-refractivity contribution in [2.45, 2.75) is 26.0 Å². The zero-order chi connectivity index (χ0) is 14.7. The van der Waals surface area contributed by atoms with E-state index in [0.29, 0.717) is 0 Å². The molecule has 2 aromatic carbocycles. The van der Waals surface area contributed by atoms with Gasteiger partial charge in [-0.1, -0.05) is 34.1 Å². The van der Waals surface area contributed by atoms with Gasteiger partial charge >= 0.3 is 0 Å². The molecule has 2 aromatic rings. The first-order chi connectivity index (χ1) is 9.47. The van der Waals surface area contributed by atoms with Crippen LogP contribution in [0.4, 0.5) is 0 Å². The number of hydrogen-bond donors (Lipinski definition) is 1. The lowest BCUT2D eigenvalue weighted by molar-refractivity contribution is 0.179. The minimum atomic E-state index is -0.179. The Bertz CT molecular complexity index is 582. The highest BCUT2D eigenvalue weighted by atomic mass is 79.9. The molecular weight excluding hydrogens is 382 g/mol. The van der Waals surface area contributed by atoms with Crippen molar-refractivity contribution in [3.8, 4) is 5.75 Å². The van der Waals surface area contributed by atoms with Crippen LogP contribution in [-0.4, -0.2) is 6.04 Å². The van der Waals surface area contributed by atoms with E-state index in [1.807, 2.05) is 56.3 Å². The zero-order valence-corrected chi connectivity index (χ0v) is 14.6. The molecule has 106 valence electrons. The Morgan fingerprint density at radius 1 is 1.05 bits per heavy atom. The molecule has 4 heteroatoms. The van der Waals surface area contributed by atoms with Crippen LogP contribution >= 0.6 is 31.9 Å². The second kappa shape index (κ2) is 6.74. The van der Waals surface area contributed by atoms with Crippen LogP contribution < -0.4 is 10.5 Å². The Labute approximate surface area is 136 Å². The SMILES string of the molecule is Cc1ccc(OC(c2ccc(Br)cc2)C(C)N)c(Br)c1. The molecule has 0 radical (unpaired) electrons. The van der Waals surface area contributed by atoms with Gasteiger partial charge < -0.3 is 10.5 Å². The number of aryl methyl sites for hydroxylation is 1. The van der Waals surface area contributed by atoms with E-state index < -0.39 is 0 Å². The third-order valence-corrected chi connectivity index (χ3v) is 4.17. The Balaban J connectivity index is 2.28. The maximum absolute atomic E-state index is 6.10. The molecule has 0 aromatic heterocycles. The summed E-state index contributed by atoms with van der Waals surface area (Å²) in [6.07, 6.45) is -0.179. The number of ether oxygens (including phenoxy) is 1. The van der Waals surface area contributed by atoms with Crippen LogP contribution in [0.1, 0.15) is 24.2 Å². The van der Waals surface area contributed by atoms with Gasteiger partial charge in [-0.2, -0.15) is 0 Å². The number of benzene rings is 2. The maximum atomic E-state index is 6.10. The molecular formula is C16H17Br2NO. The highest BCUT2D eigenvalue weighted by molar-refractivity contribution is 9.10. The van der Waals surface area contributed by atoms with Crippen molar-refractivity contribution in [2.24, 2.45) is 5.73 Å². The van der Waals surface area contributed by atoms with Gasteiger partial charge in [-0.15, -0.1) is 0 Å². The molecule has 0 aliphatic heterocycles. The fourth-order valence-electron chi connectivity index (χ4n) is 1.97. The zero-order valence-electron chi connectivity index (χ0n) is 11.4. The van der Waals surface area contributed by atoms with Crippen molar-refractivity contribution in [2.75, 3.05) is 0 Å². The topological polar surface area (TPSA) is 35.2 Å². The third-order valence-electron chi connectivity index (χ3n) is 3.02. The third kappa shape index (κ3) is 3.84. The first-order valence-corrected chi connectivity index (χ1v) is 8.00. The summed E-state index contributed by atoms with van der Waals surface area (Å²) < 4.78 is 8.09. The summed E-state index contributed by atoms with van der Waals surface area (Å²) in [4.78, 5) is 0. The molecule has 0 saturated carbocycles. The average molecular weight is 399 g/mol. The molecule has 2 nitrogen and oxygen atoms in total. The van der Waals surface area contributed by atoms with Crippen molar-refractivity contribution >= 4 is 31.9 Å². The van der Waals surface area contributed by atoms with Crippen LogP contribution in [0.2, 0.25) is 0 Å². The van der Waals surface area contributed by atoms with Crippen molar-refractivity contribution in [1.29, 1.82) is 0 Å². The first kappa shape index (κ1) is 15.5. The van der Waals surface area contributed by atoms with Crippen molar-refractivity contribution in [3.63, 3.8) is 0 Å². The van der Waals surface area contributed by atoms with Crippen LogP contribution in [-0.2, 0) is 0 Å². The fourth-order valence-corrected chi connectivity index (χ4v) is 2.82. The van der Waals surface area contributed by atoms with Gasteiger partial charge in [0.2, 0.25) is 0 Å². The lowest BCUT2D eigenvalue weighted by atomic mass is 10.0. The molecule has 0 spiro atoms. The molecule has 2 atom stereocenters. The van der Waals surface area contributed by atoms with Gasteiger partial charge in [0.15, 0.2) is 0 Å². The normalized spacial score (nSPS) is 13.8. The molecule has 0 heterocycles. The lowest BCUT2D eigenvalue weighted by Crippen LogP contribution is -2.29. The second-order valence-corrected chi connectivity index (χ2v) is 6.65. The lowest BCUT2D eigenvalue weighted by Gasteiger charge is -2.24. The van der Waals surface area contributed by atoms with E-state index in [4.69, 9.17) is 10.5 Å². The van der Waals surface area contributed by atoms with E-state index in [9.17, 15) is 0 Å². The molecule has 0 saturated heterocycles. The summed E-state index contributed by atoms with van der Waals surface area (Å²) in [5.74, 6) is 0.806. The summed E-state index contributed by atoms with van der Waals surface area (Å²) in [6, 6.07) is 14.0. The number of halogens is 2. The van der Waals surface area contributed by atoms with Crippen molar-refractivity contribution in [3.05, 3.63) is 62.5 Å². The Morgan fingerprint density at radius 3 is 2.25 bits per heavy atom. The molecule has 0 aliphatic rings. The summed E-state index contributed by atoms with van der Waals surface area (Å²) in [5, 5.41) is 0. The Kier molecular flexibility index (Phi) is 5.24. The smallest absolute Gasteiger partial charge is 0.139 e. The summed E-state index contributed by atoms with van der Waals surface area (Å²) in [5.41, 5.74) is 8.33. The van der Waals surface area contributed by atoms with Gasteiger partial charge in [-0.3, -0.25) is 0 Å². The standard InChI is InChI=1S/C16H17Br2NO/c1-10-3-8-15(14(18)9-10)20-16(11(2)19)12-4-6-13(17)7-5-12/h3-9,11,16H,19H2,1-2H3. The van der Waals surface area contributed by atoms with Crippen molar-refractivity contribution < 1.29 is 4.74 Å². The molecule has 2 unspecified atom stereocenters. The monoisotopic (exact) mass is 397 g/mol. The minimum Gasteiger partial charge on any atom is -0.483 e. The van der Waals surface area contributed by atoms with Crippen LogP contribution in [0.15, 0.2) is 51.4 Å². The molecule has 2 rings (SSSR count). The van der Waals surface area contributed by atoms with Gasteiger partial charge in [0.05, 0.1) is 4.47 Å². The predicted octanol–water partition coefficient (Wildman–Crippen LogP) is 4.99. The maximum Gasteiger partial charge on any atom is 0.139 e. The highest BCUT2D eigenvalue weighted by Crippen LogP contribution is 2.31. The Morgan fingerprint density at radius 2 is 1.70 bits per heavy atom. The summed E-state index contributed by atoms with van der Waals surface area (Å²) in [6.45, 7) is 4.00. The molecule has 0 aliphatic carbocycles. The van der Waals surface area contributed by atoms with E-state index in [1.54, 1.807) is 0 Å². The Hall–Kier alpha value is -0.840. The fraction of sp³-hybridized carbons (Fsp3) is 0.250. The highest BCUT2D eigenvalue weighted by Gasteiger charge is 2.19. The van der Waals surface area contributed by atoms with Crippen LogP contribution in [0, 0.1) is 6.92 Å². The molecule has 0 amide bonds. The van der Waals surface area contributed by atoms with E-state index in [0.717, 1.165) is 20.3 Å². The van der Waals surface area contributed by atoms with E-state index in [-0.39, 0.29) is 12.1 Å². The van der Waals surface area contributed by atoms with Crippen LogP contribution in [0.3, 0.4) is 0 Å². The largest absolute Gasteiger partial charge is 0.483 e. The van der Waals surface area contributed by atoms with Gasteiger partial charge in [-0.05, 0) is 65.2 Å².